The number of hydrogen-bond acceptors (Lipinski definition) is 5. The molecule has 0 aromatic heterocycles. The van der Waals surface area contributed by atoms with Crippen LogP contribution in [-0.4, -0.2) is 25.3 Å². The van der Waals surface area contributed by atoms with E-state index in [1.54, 1.807) is 26.4 Å². The van der Waals surface area contributed by atoms with Gasteiger partial charge in [-0.05, 0) is 6.07 Å². The molecule has 0 amide bonds. The molecule has 0 radical (unpaired) electrons. The number of hydrogen-bond donors (Lipinski definition) is 1. The predicted molar refractivity (Wildman–Crippen MR) is 62.8 cm³/mol. The van der Waals surface area contributed by atoms with E-state index in [0.29, 0.717) is 18.0 Å². The molecule has 0 fully saturated rings. The summed E-state index contributed by atoms with van der Waals surface area (Å²) in [5.41, 5.74) is 0.849. The van der Waals surface area contributed by atoms with E-state index in [2.05, 4.69) is 5.32 Å². The summed E-state index contributed by atoms with van der Waals surface area (Å²) < 4.78 is 10.3. The zero-order chi connectivity index (χ0) is 12.8. The van der Waals surface area contributed by atoms with Crippen LogP contribution in [-0.2, 0) is 6.54 Å². The van der Waals surface area contributed by atoms with Crippen molar-refractivity contribution in [2.75, 3.05) is 14.2 Å². The number of ether oxygens (including phenoxy) is 2. The van der Waals surface area contributed by atoms with Crippen molar-refractivity contribution in [3.8, 4) is 11.5 Å². The van der Waals surface area contributed by atoms with Crippen LogP contribution >= 0.6 is 0 Å². The topological polar surface area (TPSA) is 73.6 Å². The Morgan fingerprint density at radius 1 is 1.41 bits per heavy atom. The largest absolute Gasteiger partial charge is 0.497 e. The maximum Gasteiger partial charge on any atom is 0.263 e. The summed E-state index contributed by atoms with van der Waals surface area (Å²) in [5.74, 6) is 1.33. The molecule has 94 valence electrons. The lowest BCUT2D eigenvalue weighted by molar-refractivity contribution is -0.525. The smallest absolute Gasteiger partial charge is 0.263 e. The highest BCUT2D eigenvalue weighted by molar-refractivity contribution is 5.40. The Kier molecular flexibility index (Phi) is 4.71. The molecule has 17 heavy (non-hydrogen) atoms. The molecule has 0 spiro atoms. The van der Waals surface area contributed by atoms with E-state index in [0.717, 1.165) is 5.56 Å². The normalized spacial score (nSPS) is 11.9. The van der Waals surface area contributed by atoms with Gasteiger partial charge in [-0.1, -0.05) is 6.07 Å². The summed E-state index contributed by atoms with van der Waals surface area (Å²) in [7, 11) is 3.12. The highest BCUT2D eigenvalue weighted by Crippen LogP contribution is 2.24. The van der Waals surface area contributed by atoms with Gasteiger partial charge in [0.15, 0.2) is 0 Å². The Bertz CT molecular complexity index is 395. The third-order valence-corrected chi connectivity index (χ3v) is 2.40. The van der Waals surface area contributed by atoms with E-state index < -0.39 is 6.17 Å². The molecule has 0 aliphatic heterocycles. The highest BCUT2D eigenvalue weighted by Gasteiger charge is 2.12. The standard InChI is InChI=1S/C11H16N2O4/c1-8(13(14)15)12-7-9-4-5-10(16-2)6-11(9)17-3/h4-6,8,12H,7H2,1-3H3. The first-order valence-electron chi connectivity index (χ1n) is 5.16. The summed E-state index contributed by atoms with van der Waals surface area (Å²) in [6, 6.07) is 5.35. The minimum Gasteiger partial charge on any atom is -0.497 e. The van der Waals surface area contributed by atoms with Gasteiger partial charge in [0.2, 0.25) is 0 Å². The number of nitrogens with one attached hydrogen (secondary N) is 1. The summed E-state index contributed by atoms with van der Waals surface area (Å²) in [6.07, 6.45) is -0.790. The molecule has 0 heterocycles. The molecule has 0 aliphatic rings. The molecule has 6 heteroatoms. The van der Waals surface area contributed by atoms with Gasteiger partial charge in [0.1, 0.15) is 11.5 Å². The van der Waals surface area contributed by atoms with Crippen molar-refractivity contribution >= 4 is 0 Å². The lowest BCUT2D eigenvalue weighted by Gasteiger charge is -2.11. The summed E-state index contributed by atoms with van der Waals surface area (Å²) in [6.45, 7) is 1.87. The van der Waals surface area contributed by atoms with E-state index in [4.69, 9.17) is 9.47 Å². The van der Waals surface area contributed by atoms with Crippen LogP contribution in [0.5, 0.6) is 11.5 Å². The van der Waals surface area contributed by atoms with Crippen molar-refractivity contribution in [2.24, 2.45) is 0 Å². The minimum atomic E-state index is -0.790. The molecule has 0 bridgehead atoms. The predicted octanol–water partition coefficient (Wildman–Crippen LogP) is 1.42. The maximum absolute atomic E-state index is 10.5. The second-order valence-electron chi connectivity index (χ2n) is 3.52. The van der Waals surface area contributed by atoms with E-state index in [1.807, 2.05) is 6.07 Å². The fourth-order valence-corrected chi connectivity index (χ4v) is 1.33. The Hall–Kier alpha value is -1.82. The van der Waals surface area contributed by atoms with Crippen molar-refractivity contribution in [2.45, 2.75) is 19.6 Å². The summed E-state index contributed by atoms with van der Waals surface area (Å²) in [5, 5.41) is 13.3. The molecule has 1 aromatic carbocycles. The molecule has 1 unspecified atom stereocenters. The zero-order valence-corrected chi connectivity index (χ0v) is 10.1. The number of methoxy groups -OCH3 is 2. The molecule has 0 aliphatic carbocycles. The molecule has 1 atom stereocenters. The van der Waals surface area contributed by atoms with Gasteiger partial charge in [-0.3, -0.25) is 15.4 Å². The van der Waals surface area contributed by atoms with Crippen LogP contribution < -0.4 is 14.8 Å². The fraction of sp³-hybridized carbons (Fsp3) is 0.455. The van der Waals surface area contributed by atoms with Gasteiger partial charge in [0, 0.05) is 30.0 Å². The quantitative estimate of drug-likeness (QED) is 0.462. The van der Waals surface area contributed by atoms with E-state index in [1.165, 1.54) is 6.92 Å². The van der Waals surface area contributed by atoms with Gasteiger partial charge in [0.25, 0.3) is 6.17 Å². The number of benzene rings is 1. The Labute approximate surface area is 99.7 Å². The van der Waals surface area contributed by atoms with Crippen LogP contribution in [0.3, 0.4) is 0 Å². The molecule has 1 aromatic rings. The minimum absolute atomic E-state index is 0.370. The van der Waals surface area contributed by atoms with Crippen molar-refractivity contribution in [3.05, 3.63) is 33.9 Å². The van der Waals surface area contributed by atoms with Gasteiger partial charge in [0.05, 0.1) is 14.2 Å². The molecule has 1 rings (SSSR count). The first kappa shape index (κ1) is 13.2. The van der Waals surface area contributed by atoms with Gasteiger partial charge >= 0.3 is 0 Å². The van der Waals surface area contributed by atoms with Gasteiger partial charge in [-0.15, -0.1) is 0 Å². The van der Waals surface area contributed by atoms with Crippen LogP contribution in [0.25, 0.3) is 0 Å². The van der Waals surface area contributed by atoms with Crippen molar-refractivity contribution in [1.29, 1.82) is 0 Å². The zero-order valence-electron chi connectivity index (χ0n) is 10.1. The molecular weight excluding hydrogens is 224 g/mol. The Morgan fingerprint density at radius 2 is 2.12 bits per heavy atom. The molecular formula is C11H16N2O4. The third-order valence-electron chi connectivity index (χ3n) is 2.40. The van der Waals surface area contributed by atoms with E-state index in [-0.39, 0.29) is 4.92 Å². The summed E-state index contributed by atoms with van der Waals surface area (Å²) >= 11 is 0. The second kappa shape index (κ2) is 6.05. The van der Waals surface area contributed by atoms with E-state index >= 15 is 0 Å². The van der Waals surface area contributed by atoms with Crippen molar-refractivity contribution < 1.29 is 14.4 Å². The maximum atomic E-state index is 10.5. The van der Waals surface area contributed by atoms with Crippen molar-refractivity contribution in [3.63, 3.8) is 0 Å². The van der Waals surface area contributed by atoms with Crippen LogP contribution in [0.15, 0.2) is 18.2 Å². The average Bonchev–Trinajstić information content (AvgIpc) is 2.35. The molecule has 0 saturated heterocycles. The number of nitro groups is 1. The van der Waals surface area contributed by atoms with Crippen LogP contribution in [0, 0.1) is 10.1 Å². The number of rotatable bonds is 6. The Balaban J connectivity index is 2.73. The Morgan fingerprint density at radius 3 is 2.65 bits per heavy atom. The number of nitrogens with zero attached hydrogens (tertiary/aromatic N) is 1. The van der Waals surface area contributed by atoms with Crippen LogP contribution in [0.2, 0.25) is 0 Å². The van der Waals surface area contributed by atoms with Crippen LogP contribution in [0.1, 0.15) is 12.5 Å². The molecule has 1 N–H and O–H groups in total. The SMILES string of the molecule is COc1ccc(CNC(C)[N+](=O)[O-])c(OC)c1. The van der Waals surface area contributed by atoms with E-state index in [9.17, 15) is 10.1 Å². The molecule has 6 nitrogen and oxygen atoms in total. The summed E-state index contributed by atoms with van der Waals surface area (Å²) in [4.78, 5) is 10.1. The van der Waals surface area contributed by atoms with Gasteiger partial charge in [-0.25, -0.2) is 0 Å². The third kappa shape index (κ3) is 3.60. The lowest BCUT2D eigenvalue weighted by Crippen LogP contribution is -2.32. The first-order valence-corrected chi connectivity index (χ1v) is 5.16. The van der Waals surface area contributed by atoms with Gasteiger partial charge < -0.3 is 9.47 Å². The average molecular weight is 240 g/mol. The highest BCUT2D eigenvalue weighted by atomic mass is 16.6. The van der Waals surface area contributed by atoms with Gasteiger partial charge in [-0.2, -0.15) is 0 Å². The van der Waals surface area contributed by atoms with Crippen LogP contribution in [0.4, 0.5) is 0 Å². The molecule has 0 saturated carbocycles. The second-order valence-corrected chi connectivity index (χ2v) is 3.52. The van der Waals surface area contributed by atoms with Crippen molar-refractivity contribution in [1.82, 2.24) is 5.32 Å². The lowest BCUT2D eigenvalue weighted by atomic mass is 10.2. The monoisotopic (exact) mass is 240 g/mol. The fourth-order valence-electron chi connectivity index (χ4n) is 1.33. The first-order chi connectivity index (χ1) is 8.08.